The molecule has 1 heterocycles. The van der Waals surface area contributed by atoms with Gasteiger partial charge in [0.15, 0.2) is 0 Å². The summed E-state index contributed by atoms with van der Waals surface area (Å²) in [6, 6.07) is 5.12. The van der Waals surface area contributed by atoms with E-state index in [1.807, 2.05) is 0 Å². The van der Waals surface area contributed by atoms with Crippen molar-refractivity contribution in [1.82, 2.24) is 5.32 Å². The Morgan fingerprint density at radius 2 is 2.18 bits per heavy atom. The highest BCUT2D eigenvalue weighted by molar-refractivity contribution is 5.62. The highest BCUT2D eigenvalue weighted by Gasteiger charge is 2.22. The molecule has 0 aliphatic carbocycles. The van der Waals surface area contributed by atoms with Crippen LogP contribution in [0.5, 0.6) is 5.75 Å². The Morgan fingerprint density at radius 3 is 2.73 bits per heavy atom. The number of benzene rings is 1. The lowest BCUT2D eigenvalue weighted by molar-refractivity contribution is -0.384. The van der Waals surface area contributed by atoms with Crippen molar-refractivity contribution in [2.24, 2.45) is 0 Å². The standard InChI is InChI=1S/C15H23N3O4/c1-11(19)10-16-12-5-7-17(8-6-12)14-4-3-13(18(20)21)9-15(14)22-2/h3-4,9,11-12,16,19H,5-8,10H2,1-2H3. The van der Waals surface area contributed by atoms with Crippen LogP contribution in [-0.2, 0) is 0 Å². The van der Waals surface area contributed by atoms with Crippen molar-refractivity contribution in [3.63, 3.8) is 0 Å². The Labute approximate surface area is 130 Å². The van der Waals surface area contributed by atoms with Crippen LogP contribution in [0.1, 0.15) is 19.8 Å². The van der Waals surface area contributed by atoms with Crippen LogP contribution in [0.4, 0.5) is 11.4 Å². The Balaban J connectivity index is 2.00. The molecule has 0 spiro atoms. The van der Waals surface area contributed by atoms with Crippen molar-refractivity contribution in [2.45, 2.75) is 31.9 Å². The number of anilines is 1. The van der Waals surface area contributed by atoms with Crippen molar-refractivity contribution in [2.75, 3.05) is 31.6 Å². The van der Waals surface area contributed by atoms with E-state index < -0.39 is 4.92 Å². The maximum atomic E-state index is 10.8. The highest BCUT2D eigenvalue weighted by Crippen LogP contribution is 2.33. The van der Waals surface area contributed by atoms with Crippen LogP contribution in [0, 0.1) is 10.1 Å². The lowest BCUT2D eigenvalue weighted by Crippen LogP contribution is -2.44. The maximum absolute atomic E-state index is 10.8. The van der Waals surface area contributed by atoms with Crippen LogP contribution in [-0.4, -0.2) is 48.9 Å². The van der Waals surface area contributed by atoms with Gasteiger partial charge in [-0.1, -0.05) is 0 Å². The van der Waals surface area contributed by atoms with Crippen molar-refractivity contribution in [3.8, 4) is 5.75 Å². The molecule has 0 bridgehead atoms. The molecule has 0 saturated carbocycles. The van der Waals surface area contributed by atoms with Gasteiger partial charge in [-0.05, 0) is 25.8 Å². The van der Waals surface area contributed by atoms with Crippen LogP contribution in [0.2, 0.25) is 0 Å². The lowest BCUT2D eigenvalue weighted by Gasteiger charge is -2.34. The molecule has 22 heavy (non-hydrogen) atoms. The average molecular weight is 309 g/mol. The Morgan fingerprint density at radius 1 is 1.50 bits per heavy atom. The van der Waals surface area contributed by atoms with Crippen LogP contribution in [0.25, 0.3) is 0 Å². The van der Waals surface area contributed by atoms with Gasteiger partial charge in [-0.15, -0.1) is 0 Å². The van der Waals surface area contributed by atoms with Gasteiger partial charge in [-0.2, -0.15) is 0 Å². The quantitative estimate of drug-likeness (QED) is 0.612. The predicted octanol–water partition coefficient (Wildman–Crippen LogP) is 1.54. The zero-order chi connectivity index (χ0) is 16.1. The zero-order valence-corrected chi connectivity index (χ0v) is 13.0. The number of aliphatic hydroxyl groups is 1. The summed E-state index contributed by atoms with van der Waals surface area (Å²) in [4.78, 5) is 12.6. The van der Waals surface area contributed by atoms with E-state index in [0.717, 1.165) is 31.6 Å². The fourth-order valence-electron chi connectivity index (χ4n) is 2.70. The van der Waals surface area contributed by atoms with E-state index in [4.69, 9.17) is 4.74 Å². The second-order valence-electron chi connectivity index (χ2n) is 5.63. The molecule has 2 rings (SSSR count). The molecule has 1 aliphatic rings. The zero-order valence-electron chi connectivity index (χ0n) is 13.0. The SMILES string of the molecule is COc1cc([N+](=O)[O-])ccc1N1CCC(NCC(C)O)CC1. The average Bonchev–Trinajstić information content (AvgIpc) is 2.52. The van der Waals surface area contributed by atoms with E-state index in [0.29, 0.717) is 18.3 Å². The minimum Gasteiger partial charge on any atom is -0.494 e. The number of hydrogen-bond acceptors (Lipinski definition) is 6. The third-order valence-corrected chi connectivity index (χ3v) is 3.91. The summed E-state index contributed by atoms with van der Waals surface area (Å²) in [5.74, 6) is 0.532. The van der Waals surface area contributed by atoms with E-state index in [2.05, 4.69) is 10.2 Å². The second kappa shape index (κ2) is 7.42. The molecule has 1 fully saturated rings. The minimum absolute atomic E-state index is 0.0362. The third-order valence-electron chi connectivity index (χ3n) is 3.91. The number of nitrogens with zero attached hydrogens (tertiary/aromatic N) is 2. The first kappa shape index (κ1) is 16.5. The van der Waals surface area contributed by atoms with E-state index in [9.17, 15) is 15.2 Å². The van der Waals surface area contributed by atoms with E-state index in [1.165, 1.54) is 19.2 Å². The fraction of sp³-hybridized carbons (Fsp3) is 0.600. The molecular formula is C15H23N3O4. The Hall–Kier alpha value is -1.86. The van der Waals surface area contributed by atoms with Gasteiger partial charge < -0.3 is 20.1 Å². The molecule has 0 aromatic heterocycles. The van der Waals surface area contributed by atoms with Crippen molar-refractivity contribution in [1.29, 1.82) is 0 Å². The van der Waals surface area contributed by atoms with Crippen LogP contribution in [0.15, 0.2) is 18.2 Å². The molecule has 1 atom stereocenters. The smallest absolute Gasteiger partial charge is 0.273 e. The molecule has 1 saturated heterocycles. The molecular weight excluding hydrogens is 286 g/mol. The van der Waals surface area contributed by atoms with Gasteiger partial charge in [0.05, 0.1) is 29.9 Å². The summed E-state index contributed by atoms with van der Waals surface area (Å²) in [5.41, 5.74) is 0.927. The van der Waals surface area contributed by atoms with E-state index >= 15 is 0 Å². The summed E-state index contributed by atoms with van der Waals surface area (Å²) in [6.07, 6.45) is 1.59. The number of hydrogen-bond donors (Lipinski definition) is 2. The first-order valence-corrected chi connectivity index (χ1v) is 7.50. The van der Waals surface area contributed by atoms with Gasteiger partial charge in [0.25, 0.3) is 5.69 Å². The summed E-state index contributed by atoms with van der Waals surface area (Å²) in [5, 5.41) is 23.5. The van der Waals surface area contributed by atoms with Gasteiger partial charge in [0.1, 0.15) is 5.75 Å². The number of methoxy groups -OCH3 is 1. The summed E-state index contributed by atoms with van der Waals surface area (Å²) in [6.45, 7) is 4.08. The number of rotatable bonds is 6. The van der Waals surface area contributed by atoms with Crippen molar-refractivity contribution >= 4 is 11.4 Å². The van der Waals surface area contributed by atoms with Crippen molar-refractivity contribution in [3.05, 3.63) is 28.3 Å². The van der Waals surface area contributed by atoms with Gasteiger partial charge in [-0.3, -0.25) is 10.1 Å². The Bertz CT molecular complexity index is 514. The lowest BCUT2D eigenvalue weighted by atomic mass is 10.0. The number of nitro groups is 1. The molecule has 0 radical (unpaired) electrons. The largest absolute Gasteiger partial charge is 0.494 e. The number of ether oxygens (including phenoxy) is 1. The normalized spacial score (nSPS) is 17.3. The number of nitrogens with one attached hydrogen (secondary N) is 1. The minimum atomic E-state index is -0.418. The summed E-state index contributed by atoms with van der Waals surface area (Å²) < 4.78 is 5.30. The van der Waals surface area contributed by atoms with Gasteiger partial charge >= 0.3 is 0 Å². The molecule has 1 aromatic carbocycles. The first-order valence-electron chi connectivity index (χ1n) is 7.50. The van der Waals surface area contributed by atoms with Crippen LogP contribution in [0.3, 0.4) is 0 Å². The van der Waals surface area contributed by atoms with Gasteiger partial charge in [0, 0.05) is 31.7 Å². The van der Waals surface area contributed by atoms with Gasteiger partial charge in [-0.25, -0.2) is 0 Å². The number of non-ortho nitro benzene ring substituents is 1. The monoisotopic (exact) mass is 309 g/mol. The Kier molecular flexibility index (Phi) is 5.57. The molecule has 2 N–H and O–H groups in total. The number of piperidine rings is 1. The molecule has 1 unspecified atom stereocenters. The summed E-state index contributed by atoms with van der Waals surface area (Å²) in [7, 11) is 1.53. The van der Waals surface area contributed by atoms with Crippen LogP contribution < -0.4 is 15.0 Å². The van der Waals surface area contributed by atoms with Crippen molar-refractivity contribution < 1.29 is 14.8 Å². The fourth-order valence-corrected chi connectivity index (χ4v) is 2.70. The predicted molar refractivity (Wildman–Crippen MR) is 84.6 cm³/mol. The van der Waals surface area contributed by atoms with Gasteiger partial charge in [0.2, 0.25) is 0 Å². The molecule has 7 heteroatoms. The van der Waals surface area contributed by atoms with E-state index in [-0.39, 0.29) is 11.8 Å². The number of aliphatic hydroxyl groups excluding tert-OH is 1. The maximum Gasteiger partial charge on any atom is 0.273 e. The first-order chi connectivity index (χ1) is 10.5. The molecule has 1 aromatic rings. The topological polar surface area (TPSA) is 87.9 Å². The molecule has 7 nitrogen and oxygen atoms in total. The number of nitro benzene ring substituents is 1. The van der Waals surface area contributed by atoms with E-state index in [1.54, 1.807) is 13.0 Å². The highest BCUT2D eigenvalue weighted by atomic mass is 16.6. The third kappa shape index (κ3) is 4.08. The molecule has 1 aliphatic heterocycles. The molecule has 0 amide bonds. The summed E-state index contributed by atoms with van der Waals surface area (Å²) >= 11 is 0. The second-order valence-corrected chi connectivity index (χ2v) is 5.63. The molecule has 122 valence electrons. The van der Waals surface area contributed by atoms with Crippen LogP contribution >= 0.6 is 0 Å².